The van der Waals surface area contributed by atoms with Gasteiger partial charge in [0.15, 0.2) is 6.10 Å². The van der Waals surface area contributed by atoms with Gasteiger partial charge in [0, 0.05) is 18.0 Å². The van der Waals surface area contributed by atoms with Gasteiger partial charge in [-0.05, 0) is 46.4 Å². The first-order chi connectivity index (χ1) is 16.9. The van der Waals surface area contributed by atoms with Crippen molar-refractivity contribution in [1.82, 2.24) is 10.6 Å². The number of carbonyl (C=O) groups excluding carboxylic acids is 2. The summed E-state index contributed by atoms with van der Waals surface area (Å²) in [5, 5.41) is 23.0. The highest BCUT2D eigenvalue weighted by atomic mass is 16.5. The number of carboxylic acids is 1. The standard InChI is InChI=1S/C27H26N2O6/c30-24(26(32)33)15-29-25(31)18-11-9-17(10-12-18)13-14-28-27(34)35-16-23-21-7-3-1-5-19(21)20-6-2-4-8-22(20)23/h1-12,23-24,30H,13-16H2,(H,28,34)(H,29,31)(H,32,33). The molecule has 4 rings (SSSR count). The van der Waals surface area contributed by atoms with Crippen LogP contribution in [0.3, 0.4) is 0 Å². The maximum atomic E-state index is 12.3. The monoisotopic (exact) mass is 474 g/mol. The van der Waals surface area contributed by atoms with Crippen LogP contribution in [0.15, 0.2) is 72.8 Å². The fourth-order valence-electron chi connectivity index (χ4n) is 4.16. The van der Waals surface area contributed by atoms with Crippen molar-refractivity contribution >= 4 is 18.0 Å². The van der Waals surface area contributed by atoms with E-state index in [0.29, 0.717) is 18.5 Å². The van der Waals surface area contributed by atoms with Crippen molar-refractivity contribution in [2.24, 2.45) is 0 Å². The number of hydrogen-bond donors (Lipinski definition) is 4. The minimum absolute atomic E-state index is 0.00320. The number of aliphatic carboxylic acids is 1. The van der Waals surface area contributed by atoms with Crippen LogP contribution in [0, 0.1) is 0 Å². The predicted octanol–water partition coefficient (Wildman–Crippen LogP) is 2.94. The predicted molar refractivity (Wildman–Crippen MR) is 129 cm³/mol. The number of amides is 2. The molecule has 3 aromatic rings. The zero-order chi connectivity index (χ0) is 24.8. The second kappa shape index (κ2) is 10.8. The molecule has 0 aromatic heterocycles. The SMILES string of the molecule is O=C(NCCc1ccc(C(=O)NCC(O)C(=O)O)cc1)OCC1c2ccccc2-c2ccccc21. The molecule has 8 heteroatoms. The lowest BCUT2D eigenvalue weighted by atomic mass is 9.98. The molecule has 2 amide bonds. The van der Waals surface area contributed by atoms with Gasteiger partial charge in [0.05, 0.1) is 6.54 Å². The van der Waals surface area contributed by atoms with Gasteiger partial charge in [-0.1, -0.05) is 60.7 Å². The lowest BCUT2D eigenvalue weighted by Gasteiger charge is -2.14. The molecule has 1 atom stereocenters. The lowest BCUT2D eigenvalue weighted by molar-refractivity contribution is -0.146. The largest absolute Gasteiger partial charge is 0.479 e. The Labute approximate surface area is 202 Å². The highest BCUT2D eigenvalue weighted by Gasteiger charge is 2.28. The van der Waals surface area contributed by atoms with Crippen molar-refractivity contribution in [1.29, 1.82) is 0 Å². The zero-order valence-corrected chi connectivity index (χ0v) is 18.9. The molecule has 8 nitrogen and oxygen atoms in total. The summed E-state index contributed by atoms with van der Waals surface area (Å²) in [7, 11) is 0. The van der Waals surface area contributed by atoms with Crippen LogP contribution in [-0.2, 0) is 16.0 Å². The van der Waals surface area contributed by atoms with E-state index in [1.165, 1.54) is 11.1 Å². The Morgan fingerprint density at radius 2 is 1.46 bits per heavy atom. The highest BCUT2D eigenvalue weighted by molar-refractivity contribution is 5.94. The number of rotatable bonds is 9. The van der Waals surface area contributed by atoms with E-state index < -0.39 is 24.1 Å². The molecule has 1 unspecified atom stereocenters. The van der Waals surface area contributed by atoms with Gasteiger partial charge in [-0.2, -0.15) is 0 Å². The molecule has 0 radical (unpaired) electrons. The van der Waals surface area contributed by atoms with Crippen LogP contribution in [0.5, 0.6) is 0 Å². The average Bonchev–Trinajstić information content (AvgIpc) is 3.20. The number of aliphatic hydroxyl groups excluding tert-OH is 1. The van der Waals surface area contributed by atoms with Crippen LogP contribution >= 0.6 is 0 Å². The first kappa shape index (κ1) is 24.0. The highest BCUT2D eigenvalue weighted by Crippen LogP contribution is 2.44. The van der Waals surface area contributed by atoms with Gasteiger partial charge in [-0.25, -0.2) is 9.59 Å². The minimum atomic E-state index is -1.65. The van der Waals surface area contributed by atoms with E-state index in [1.807, 2.05) is 24.3 Å². The molecular weight excluding hydrogens is 448 g/mol. The number of fused-ring (bicyclic) bond motifs is 3. The Balaban J connectivity index is 1.23. The number of alkyl carbamates (subject to hydrolysis) is 1. The van der Waals surface area contributed by atoms with E-state index in [2.05, 4.69) is 34.9 Å². The molecule has 0 bridgehead atoms. The van der Waals surface area contributed by atoms with Crippen molar-refractivity contribution in [3.05, 3.63) is 95.1 Å². The Morgan fingerprint density at radius 1 is 0.857 bits per heavy atom. The molecule has 35 heavy (non-hydrogen) atoms. The Kier molecular flexibility index (Phi) is 7.42. The molecule has 0 fully saturated rings. The van der Waals surface area contributed by atoms with Crippen LogP contribution in [0.1, 0.15) is 33.0 Å². The summed E-state index contributed by atoms with van der Waals surface area (Å²) in [6, 6.07) is 23.0. The van der Waals surface area contributed by atoms with Gasteiger partial charge in [0.25, 0.3) is 5.91 Å². The molecular formula is C27H26N2O6. The summed E-state index contributed by atoms with van der Waals surface area (Å²) < 4.78 is 5.53. The van der Waals surface area contributed by atoms with Crippen molar-refractivity contribution in [3.63, 3.8) is 0 Å². The van der Waals surface area contributed by atoms with E-state index in [9.17, 15) is 19.5 Å². The number of carboxylic acid groups (broad SMARTS) is 1. The van der Waals surface area contributed by atoms with Gasteiger partial charge >= 0.3 is 12.1 Å². The first-order valence-electron chi connectivity index (χ1n) is 11.3. The number of aliphatic hydroxyl groups is 1. The molecule has 0 heterocycles. The summed E-state index contributed by atoms with van der Waals surface area (Å²) in [5.41, 5.74) is 5.91. The van der Waals surface area contributed by atoms with Crippen LogP contribution in [0.2, 0.25) is 0 Å². The normalized spacial score (nSPS) is 12.8. The Bertz CT molecular complexity index is 1180. The summed E-state index contributed by atoms with van der Waals surface area (Å²) in [5.74, 6) is -1.87. The van der Waals surface area contributed by atoms with Crippen LogP contribution in [-0.4, -0.2) is 54.0 Å². The van der Waals surface area contributed by atoms with Gasteiger partial charge in [-0.15, -0.1) is 0 Å². The minimum Gasteiger partial charge on any atom is -0.479 e. The summed E-state index contributed by atoms with van der Waals surface area (Å²) >= 11 is 0. The number of hydrogen-bond acceptors (Lipinski definition) is 5. The molecule has 4 N–H and O–H groups in total. The van der Waals surface area contributed by atoms with Gasteiger partial charge < -0.3 is 25.6 Å². The fraction of sp³-hybridized carbons (Fsp3) is 0.222. The molecule has 0 saturated carbocycles. The van der Waals surface area contributed by atoms with Crippen LogP contribution < -0.4 is 10.6 Å². The Morgan fingerprint density at radius 3 is 2.06 bits per heavy atom. The molecule has 1 aliphatic rings. The maximum absolute atomic E-state index is 12.3. The summed E-state index contributed by atoms with van der Waals surface area (Å²) in [4.78, 5) is 34.9. The lowest BCUT2D eigenvalue weighted by Crippen LogP contribution is -2.36. The van der Waals surface area contributed by atoms with Gasteiger partial charge in [0.2, 0.25) is 0 Å². The third-order valence-corrected chi connectivity index (χ3v) is 5.98. The van der Waals surface area contributed by atoms with Crippen molar-refractivity contribution in [3.8, 4) is 11.1 Å². The molecule has 3 aromatic carbocycles. The van der Waals surface area contributed by atoms with Gasteiger partial charge in [0.1, 0.15) is 6.61 Å². The maximum Gasteiger partial charge on any atom is 0.407 e. The quantitative estimate of drug-likeness (QED) is 0.378. The van der Waals surface area contributed by atoms with Crippen LogP contribution in [0.4, 0.5) is 4.79 Å². The van der Waals surface area contributed by atoms with Gasteiger partial charge in [-0.3, -0.25) is 4.79 Å². The third-order valence-electron chi connectivity index (χ3n) is 5.98. The zero-order valence-electron chi connectivity index (χ0n) is 18.9. The first-order valence-corrected chi connectivity index (χ1v) is 11.3. The van der Waals surface area contributed by atoms with E-state index in [0.717, 1.165) is 16.7 Å². The third kappa shape index (κ3) is 5.67. The van der Waals surface area contributed by atoms with Crippen LogP contribution in [0.25, 0.3) is 11.1 Å². The van der Waals surface area contributed by atoms with Crippen molar-refractivity contribution in [2.75, 3.05) is 19.7 Å². The fourth-order valence-corrected chi connectivity index (χ4v) is 4.16. The average molecular weight is 475 g/mol. The number of carbonyl (C=O) groups is 3. The molecule has 0 aliphatic heterocycles. The second-order valence-electron chi connectivity index (χ2n) is 8.26. The van der Waals surface area contributed by atoms with E-state index >= 15 is 0 Å². The summed E-state index contributed by atoms with van der Waals surface area (Å²) in [6.45, 7) is 0.243. The second-order valence-corrected chi connectivity index (χ2v) is 8.26. The van der Waals surface area contributed by atoms with Crippen molar-refractivity contribution in [2.45, 2.75) is 18.4 Å². The molecule has 0 spiro atoms. The van der Waals surface area contributed by atoms with E-state index in [1.54, 1.807) is 24.3 Å². The summed E-state index contributed by atoms with van der Waals surface area (Å²) in [6.07, 6.45) is -1.59. The van der Waals surface area contributed by atoms with Crippen molar-refractivity contribution < 1.29 is 29.3 Å². The number of nitrogens with one attached hydrogen (secondary N) is 2. The van der Waals surface area contributed by atoms with E-state index in [4.69, 9.17) is 9.84 Å². The smallest absolute Gasteiger partial charge is 0.407 e. The van der Waals surface area contributed by atoms with E-state index in [-0.39, 0.29) is 19.1 Å². The molecule has 0 saturated heterocycles. The Hall–Kier alpha value is -4.17. The number of ether oxygens (including phenoxy) is 1. The topological polar surface area (TPSA) is 125 Å². The number of benzene rings is 3. The molecule has 180 valence electrons. The molecule has 1 aliphatic carbocycles.